The van der Waals surface area contributed by atoms with Crippen molar-refractivity contribution >= 4 is 17.4 Å². The normalized spacial score (nSPS) is 10.5. The number of nitrogens with one attached hydrogen (secondary N) is 1. The number of hydrogen-bond donors (Lipinski definition) is 1. The van der Waals surface area contributed by atoms with Crippen LogP contribution in [0, 0.1) is 5.92 Å². The van der Waals surface area contributed by atoms with Crippen LogP contribution in [0.25, 0.3) is 0 Å². The summed E-state index contributed by atoms with van der Waals surface area (Å²) in [5.41, 5.74) is 1.16. The fourth-order valence-electron chi connectivity index (χ4n) is 1.96. The summed E-state index contributed by atoms with van der Waals surface area (Å²) in [7, 11) is 1.73. The molecule has 0 saturated carbocycles. The number of carbonyl (C=O) groups is 1. The highest BCUT2D eigenvalue weighted by atomic mass is 16.2. The molecular weight excluding hydrogens is 276 g/mol. The number of hydrogen-bond acceptors (Lipinski definition) is 4. The fourth-order valence-corrected chi connectivity index (χ4v) is 1.96. The lowest BCUT2D eigenvalue weighted by Crippen LogP contribution is -2.27. The third-order valence-corrected chi connectivity index (χ3v) is 3.35. The number of nitrogens with zero attached hydrogens (tertiary/aromatic N) is 3. The summed E-state index contributed by atoms with van der Waals surface area (Å²) in [6, 6.07) is 9.47. The van der Waals surface area contributed by atoms with E-state index in [0.29, 0.717) is 17.4 Å². The minimum Gasteiger partial charge on any atom is -0.369 e. The number of aromatic nitrogens is 2. The van der Waals surface area contributed by atoms with Gasteiger partial charge in [-0.3, -0.25) is 4.79 Å². The molecule has 5 nitrogen and oxygen atoms in total. The van der Waals surface area contributed by atoms with E-state index in [1.165, 1.54) is 6.20 Å². The highest BCUT2D eigenvalue weighted by molar-refractivity contribution is 6.04. The van der Waals surface area contributed by atoms with E-state index in [0.717, 1.165) is 18.7 Å². The van der Waals surface area contributed by atoms with E-state index in [1.54, 1.807) is 18.1 Å². The van der Waals surface area contributed by atoms with Crippen LogP contribution in [-0.4, -0.2) is 29.5 Å². The molecule has 1 aromatic heterocycles. The minimum atomic E-state index is -0.174. The van der Waals surface area contributed by atoms with Crippen molar-refractivity contribution in [1.29, 1.82) is 0 Å². The Hall–Kier alpha value is -2.43. The first-order chi connectivity index (χ1) is 10.6. The molecule has 1 heterocycles. The molecule has 116 valence electrons. The lowest BCUT2D eigenvalue weighted by Gasteiger charge is -2.16. The van der Waals surface area contributed by atoms with Crippen LogP contribution in [0.5, 0.6) is 0 Å². The third kappa shape index (κ3) is 4.28. The average Bonchev–Trinajstić information content (AvgIpc) is 2.54. The van der Waals surface area contributed by atoms with Gasteiger partial charge in [0.2, 0.25) is 0 Å². The molecule has 0 unspecified atom stereocenters. The van der Waals surface area contributed by atoms with Crippen molar-refractivity contribution in [1.82, 2.24) is 9.97 Å². The van der Waals surface area contributed by atoms with E-state index in [9.17, 15) is 4.79 Å². The molecule has 1 amide bonds. The Balaban J connectivity index is 1.99. The van der Waals surface area contributed by atoms with Gasteiger partial charge in [0.1, 0.15) is 11.5 Å². The van der Waals surface area contributed by atoms with E-state index in [-0.39, 0.29) is 5.91 Å². The molecule has 0 saturated heterocycles. The minimum absolute atomic E-state index is 0.174. The first-order valence-corrected chi connectivity index (χ1v) is 7.47. The summed E-state index contributed by atoms with van der Waals surface area (Å²) >= 11 is 0. The molecule has 0 spiro atoms. The molecule has 5 heteroatoms. The number of rotatable bonds is 6. The summed E-state index contributed by atoms with van der Waals surface area (Å²) in [4.78, 5) is 22.4. The standard InChI is InChI=1S/C17H22N4O/c1-13(2)9-10-18-16-12-19-15(11-20-16)17(22)21(3)14-7-5-4-6-8-14/h4-8,11-13H,9-10H2,1-3H3,(H,18,20). The lowest BCUT2D eigenvalue weighted by atomic mass is 10.1. The van der Waals surface area contributed by atoms with Gasteiger partial charge in [-0.05, 0) is 24.5 Å². The van der Waals surface area contributed by atoms with Gasteiger partial charge >= 0.3 is 0 Å². The Bertz CT molecular complexity index is 596. The van der Waals surface area contributed by atoms with Gasteiger partial charge in [0.05, 0.1) is 12.4 Å². The van der Waals surface area contributed by atoms with Gasteiger partial charge in [0, 0.05) is 19.3 Å². The van der Waals surface area contributed by atoms with E-state index >= 15 is 0 Å². The molecule has 0 radical (unpaired) electrons. The molecule has 0 aliphatic heterocycles. The Kier molecular flexibility index (Phi) is 5.47. The Morgan fingerprint density at radius 1 is 1.18 bits per heavy atom. The predicted molar refractivity (Wildman–Crippen MR) is 89.2 cm³/mol. The van der Waals surface area contributed by atoms with E-state index in [1.807, 2.05) is 30.3 Å². The Morgan fingerprint density at radius 2 is 1.91 bits per heavy atom. The molecule has 2 rings (SSSR count). The van der Waals surface area contributed by atoms with Crippen molar-refractivity contribution in [2.75, 3.05) is 23.8 Å². The molecule has 0 atom stereocenters. The van der Waals surface area contributed by atoms with Crippen LogP contribution < -0.4 is 10.2 Å². The molecule has 1 N–H and O–H groups in total. The fraction of sp³-hybridized carbons (Fsp3) is 0.353. The SMILES string of the molecule is CC(C)CCNc1cnc(C(=O)N(C)c2ccccc2)cn1. The van der Waals surface area contributed by atoms with E-state index < -0.39 is 0 Å². The van der Waals surface area contributed by atoms with Gasteiger partial charge in [-0.15, -0.1) is 0 Å². The largest absolute Gasteiger partial charge is 0.369 e. The second kappa shape index (κ2) is 7.54. The van der Waals surface area contributed by atoms with Crippen LogP contribution in [-0.2, 0) is 0 Å². The van der Waals surface area contributed by atoms with E-state index in [4.69, 9.17) is 0 Å². The second-order valence-corrected chi connectivity index (χ2v) is 5.60. The topological polar surface area (TPSA) is 58.1 Å². The maximum Gasteiger partial charge on any atom is 0.278 e. The third-order valence-electron chi connectivity index (χ3n) is 3.35. The highest BCUT2D eigenvalue weighted by Crippen LogP contribution is 2.14. The van der Waals surface area contributed by atoms with Crippen molar-refractivity contribution in [3.8, 4) is 0 Å². The predicted octanol–water partition coefficient (Wildman–Crippen LogP) is 3.21. The van der Waals surface area contributed by atoms with Crippen LogP contribution in [0.2, 0.25) is 0 Å². The monoisotopic (exact) mass is 298 g/mol. The molecule has 0 bridgehead atoms. The Labute approximate surface area is 131 Å². The van der Waals surface area contributed by atoms with Crippen molar-refractivity contribution in [2.24, 2.45) is 5.92 Å². The van der Waals surface area contributed by atoms with Crippen molar-refractivity contribution in [3.63, 3.8) is 0 Å². The van der Waals surface area contributed by atoms with E-state index in [2.05, 4.69) is 29.1 Å². The van der Waals surface area contributed by atoms with Gasteiger partial charge in [0.25, 0.3) is 5.91 Å². The zero-order chi connectivity index (χ0) is 15.9. The second-order valence-electron chi connectivity index (χ2n) is 5.60. The van der Waals surface area contributed by atoms with Gasteiger partial charge in [-0.2, -0.15) is 0 Å². The number of amides is 1. The molecular formula is C17H22N4O. The van der Waals surface area contributed by atoms with Gasteiger partial charge in [-0.25, -0.2) is 9.97 Å². The average molecular weight is 298 g/mol. The summed E-state index contributed by atoms with van der Waals surface area (Å²) in [6.07, 6.45) is 4.19. The zero-order valence-corrected chi connectivity index (χ0v) is 13.3. The van der Waals surface area contributed by atoms with Crippen molar-refractivity contribution in [3.05, 3.63) is 48.4 Å². The zero-order valence-electron chi connectivity index (χ0n) is 13.3. The van der Waals surface area contributed by atoms with Gasteiger partial charge < -0.3 is 10.2 Å². The number of benzene rings is 1. The van der Waals surface area contributed by atoms with Crippen LogP contribution in [0.15, 0.2) is 42.7 Å². The van der Waals surface area contributed by atoms with Gasteiger partial charge in [-0.1, -0.05) is 32.0 Å². The molecule has 0 aliphatic rings. The van der Waals surface area contributed by atoms with Crippen LogP contribution in [0.3, 0.4) is 0 Å². The number of carbonyl (C=O) groups excluding carboxylic acids is 1. The summed E-state index contributed by atoms with van der Waals surface area (Å²) in [6.45, 7) is 5.20. The Morgan fingerprint density at radius 3 is 2.50 bits per heavy atom. The maximum atomic E-state index is 12.4. The first kappa shape index (κ1) is 15.9. The maximum absolute atomic E-state index is 12.4. The summed E-state index contributed by atoms with van der Waals surface area (Å²) in [5.74, 6) is 1.16. The smallest absolute Gasteiger partial charge is 0.278 e. The number of anilines is 2. The molecule has 22 heavy (non-hydrogen) atoms. The first-order valence-electron chi connectivity index (χ1n) is 7.47. The van der Waals surface area contributed by atoms with Crippen LogP contribution in [0.4, 0.5) is 11.5 Å². The lowest BCUT2D eigenvalue weighted by molar-refractivity contribution is 0.0988. The van der Waals surface area contributed by atoms with Gasteiger partial charge in [0.15, 0.2) is 0 Å². The highest BCUT2D eigenvalue weighted by Gasteiger charge is 2.15. The molecule has 0 aliphatic carbocycles. The molecule has 2 aromatic rings. The quantitative estimate of drug-likeness (QED) is 0.889. The molecule has 0 fully saturated rings. The van der Waals surface area contributed by atoms with Crippen LogP contribution >= 0.6 is 0 Å². The van der Waals surface area contributed by atoms with Crippen molar-refractivity contribution in [2.45, 2.75) is 20.3 Å². The summed E-state index contributed by atoms with van der Waals surface area (Å²) in [5, 5.41) is 3.20. The molecule has 1 aromatic carbocycles. The summed E-state index contributed by atoms with van der Waals surface area (Å²) < 4.78 is 0. The number of para-hydroxylation sites is 1. The van der Waals surface area contributed by atoms with Crippen LogP contribution in [0.1, 0.15) is 30.8 Å². The van der Waals surface area contributed by atoms with Crippen molar-refractivity contribution < 1.29 is 4.79 Å².